The number of H-pyrrole nitrogens is 1. The number of nitrogens with zero attached hydrogens (tertiary/aromatic N) is 1. The molecular weight excluding hydrogens is 244 g/mol. The van der Waals surface area contributed by atoms with Gasteiger partial charge in [-0.05, 0) is 38.1 Å². The molecule has 0 aliphatic rings. The number of hydrogen-bond acceptors (Lipinski definition) is 4. The molecule has 2 aromatic rings. The average Bonchev–Trinajstić information content (AvgIpc) is 2.81. The summed E-state index contributed by atoms with van der Waals surface area (Å²) < 4.78 is 10.0. The Morgan fingerprint density at radius 2 is 2.00 bits per heavy atom. The molecule has 0 amide bonds. The van der Waals surface area contributed by atoms with Crippen LogP contribution >= 0.6 is 0 Å². The average molecular weight is 260 g/mol. The number of methoxy groups -OCH3 is 1. The Morgan fingerprint density at radius 3 is 2.58 bits per heavy atom. The van der Waals surface area contributed by atoms with Crippen LogP contribution in [0.4, 0.5) is 0 Å². The smallest absolute Gasteiger partial charge is 0.374 e. The monoisotopic (exact) mass is 260 g/mol. The Hall–Kier alpha value is -2.30. The largest absolute Gasteiger partial charge is 0.494 e. The van der Waals surface area contributed by atoms with Gasteiger partial charge in [0.1, 0.15) is 5.75 Å². The SMILES string of the molecule is CCOc1ccc(-c2nc(C(=O)OC)[nH]c2C)cc1. The second-order valence-corrected chi connectivity index (χ2v) is 4.01. The van der Waals surface area contributed by atoms with Crippen LogP contribution in [0.15, 0.2) is 24.3 Å². The summed E-state index contributed by atoms with van der Waals surface area (Å²) in [5, 5.41) is 0. The number of esters is 1. The molecule has 1 N–H and O–H groups in total. The normalized spacial score (nSPS) is 10.3. The highest BCUT2D eigenvalue weighted by atomic mass is 16.5. The van der Waals surface area contributed by atoms with Crippen LogP contribution in [-0.2, 0) is 4.74 Å². The number of aromatic amines is 1. The van der Waals surface area contributed by atoms with Crippen LogP contribution in [0.25, 0.3) is 11.3 Å². The third-order valence-corrected chi connectivity index (χ3v) is 2.70. The van der Waals surface area contributed by atoms with Crippen LogP contribution in [-0.4, -0.2) is 29.7 Å². The zero-order valence-corrected chi connectivity index (χ0v) is 11.2. The van der Waals surface area contributed by atoms with Crippen LogP contribution in [0.5, 0.6) is 5.75 Å². The number of carbonyl (C=O) groups excluding carboxylic acids is 1. The minimum atomic E-state index is -0.472. The van der Waals surface area contributed by atoms with E-state index in [0.717, 1.165) is 22.7 Å². The molecule has 100 valence electrons. The number of aromatic nitrogens is 2. The maximum absolute atomic E-state index is 11.4. The molecule has 0 saturated heterocycles. The van der Waals surface area contributed by atoms with Crippen molar-refractivity contribution in [1.29, 1.82) is 0 Å². The summed E-state index contributed by atoms with van der Waals surface area (Å²) in [5.41, 5.74) is 2.49. The summed E-state index contributed by atoms with van der Waals surface area (Å²) in [6, 6.07) is 7.58. The Bertz CT molecular complexity index is 573. The zero-order chi connectivity index (χ0) is 13.8. The van der Waals surface area contributed by atoms with Gasteiger partial charge in [-0.2, -0.15) is 0 Å². The Morgan fingerprint density at radius 1 is 1.32 bits per heavy atom. The molecular formula is C14H16N2O3. The van der Waals surface area contributed by atoms with E-state index < -0.39 is 5.97 Å². The molecule has 0 atom stereocenters. The molecule has 5 heteroatoms. The minimum Gasteiger partial charge on any atom is -0.494 e. The first-order valence-electron chi connectivity index (χ1n) is 6.03. The molecule has 0 radical (unpaired) electrons. The second-order valence-electron chi connectivity index (χ2n) is 4.01. The van der Waals surface area contributed by atoms with Gasteiger partial charge in [-0.15, -0.1) is 0 Å². The summed E-state index contributed by atoms with van der Waals surface area (Å²) in [6.45, 7) is 4.44. The maximum Gasteiger partial charge on any atom is 0.374 e. The van der Waals surface area contributed by atoms with Gasteiger partial charge in [0.2, 0.25) is 5.82 Å². The van der Waals surface area contributed by atoms with E-state index >= 15 is 0 Å². The predicted octanol–water partition coefficient (Wildman–Crippen LogP) is 2.57. The molecule has 0 spiro atoms. The van der Waals surface area contributed by atoms with E-state index in [1.807, 2.05) is 38.1 Å². The van der Waals surface area contributed by atoms with Gasteiger partial charge in [0.25, 0.3) is 0 Å². The van der Waals surface area contributed by atoms with E-state index in [2.05, 4.69) is 14.7 Å². The number of nitrogens with one attached hydrogen (secondary N) is 1. The molecule has 1 aromatic heterocycles. The lowest BCUT2D eigenvalue weighted by Gasteiger charge is -2.03. The second kappa shape index (κ2) is 5.56. The van der Waals surface area contributed by atoms with Crippen LogP contribution in [0.2, 0.25) is 0 Å². The highest BCUT2D eigenvalue weighted by molar-refractivity contribution is 5.86. The molecule has 0 aliphatic carbocycles. The van der Waals surface area contributed by atoms with Crippen molar-refractivity contribution in [3.05, 3.63) is 35.8 Å². The number of imidazole rings is 1. The predicted molar refractivity (Wildman–Crippen MR) is 71.3 cm³/mol. The Kier molecular flexibility index (Phi) is 3.85. The van der Waals surface area contributed by atoms with E-state index in [-0.39, 0.29) is 5.82 Å². The van der Waals surface area contributed by atoms with E-state index in [4.69, 9.17) is 4.74 Å². The van der Waals surface area contributed by atoms with Crippen molar-refractivity contribution in [3.8, 4) is 17.0 Å². The van der Waals surface area contributed by atoms with Crippen molar-refractivity contribution in [3.63, 3.8) is 0 Å². The molecule has 1 heterocycles. The molecule has 0 saturated carbocycles. The van der Waals surface area contributed by atoms with Gasteiger partial charge >= 0.3 is 5.97 Å². The van der Waals surface area contributed by atoms with Gasteiger partial charge in [0.05, 0.1) is 19.4 Å². The van der Waals surface area contributed by atoms with Crippen molar-refractivity contribution in [2.45, 2.75) is 13.8 Å². The van der Waals surface area contributed by atoms with Gasteiger partial charge in [0.15, 0.2) is 0 Å². The highest BCUT2D eigenvalue weighted by Gasteiger charge is 2.14. The van der Waals surface area contributed by atoms with Crippen molar-refractivity contribution < 1.29 is 14.3 Å². The number of rotatable bonds is 4. The quantitative estimate of drug-likeness (QED) is 0.858. The van der Waals surface area contributed by atoms with Gasteiger partial charge in [0, 0.05) is 11.3 Å². The first-order valence-corrected chi connectivity index (χ1v) is 6.03. The zero-order valence-electron chi connectivity index (χ0n) is 11.2. The third-order valence-electron chi connectivity index (χ3n) is 2.70. The molecule has 0 bridgehead atoms. The fourth-order valence-corrected chi connectivity index (χ4v) is 1.81. The Labute approximate surface area is 111 Å². The van der Waals surface area contributed by atoms with E-state index in [1.165, 1.54) is 7.11 Å². The number of ether oxygens (including phenoxy) is 2. The summed E-state index contributed by atoms with van der Waals surface area (Å²) in [6.07, 6.45) is 0. The van der Waals surface area contributed by atoms with Gasteiger partial charge in [-0.3, -0.25) is 0 Å². The van der Waals surface area contributed by atoms with Crippen molar-refractivity contribution >= 4 is 5.97 Å². The van der Waals surface area contributed by atoms with Crippen molar-refractivity contribution in [2.24, 2.45) is 0 Å². The first-order chi connectivity index (χ1) is 9.15. The maximum atomic E-state index is 11.4. The number of hydrogen-bond donors (Lipinski definition) is 1. The molecule has 19 heavy (non-hydrogen) atoms. The van der Waals surface area contributed by atoms with Crippen molar-refractivity contribution in [1.82, 2.24) is 9.97 Å². The Balaban J connectivity index is 2.31. The minimum absolute atomic E-state index is 0.212. The number of benzene rings is 1. The molecule has 2 rings (SSSR count). The molecule has 0 unspecified atom stereocenters. The lowest BCUT2D eigenvalue weighted by Crippen LogP contribution is -2.03. The lowest BCUT2D eigenvalue weighted by molar-refractivity contribution is 0.0588. The van der Waals surface area contributed by atoms with Crippen LogP contribution in [0, 0.1) is 6.92 Å². The van der Waals surface area contributed by atoms with E-state index in [9.17, 15) is 4.79 Å². The van der Waals surface area contributed by atoms with E-state index in [1.54, 1.807) is 0 Å². The van der Waals surface area contributed by atoms with Crippen LogP contribution < -0.4 is 4.74 Å². The van der Waals surface area contributed by atoms with E-state index in [0.29, 0.717) is 6.61 Å². The first kappa shape index (κ1) is 13.1. The van der Waals surface area contributed by atoms with Gasteiger partial charge in [-0.1, -0.05) is 0 Å². The highest BCUT2D eigenvalue weighted by Crippen LogP contribution is 2.24. The van der Waals surface area contributed by atoms with Gasteiger partial charge in [-0.25, -0.2) is 9.78 Å². The third kappa shape index (κ3) is 2.76. The topological polar surface area (TPSA) is 64.2 Å². The molecule has 1 aromatic carbocycles. The van der Waals surface area contributed by atoms with Crippen LogP contribution in [0.3, 0.4) is 0 Å². The molecule has 0 aliphatic heterocycles. The van der Waals surface area contributed by atoms with Gasteiger partial charge < -0.3 is 14.5 Å². The summed E-state index contributed by atoms with van der Waals surface area (Å²) in [5.74, 6) is 0.553. The standard InChI is InChI=1S/C14H16N2O3/c1-4-19-11-7-5-10(6-8-11)12-9(2)15-13(16-12)14(17)18-3/h5-8H,4H2,1-3H3,(H,15,16). The fraction of sp³-hybridized carbons (Fsp3) is 0.286. The summed E-state index contributed by atoms with van der Waals surface area (Å²) in [4.78, 5) is 18.6. The number of carbonyl (C=O) groups is 1. The summed E-state index contributed by atoms with van der Waals surface area (Å²) >= 11 is 0. The molecule has 5 nitrogen and oxygen atoms in total. The van der Waals surface area contributed by atoms with Crippen LogP contribution in [0.1, 0.15) is 23.2 Å². The van der Waals surface area contributed by atoms with Crippen molar-refractivity contribution in [2.75, 3.05) is 13.7 Å². The number of aryl methyl sites for hydroxylation is 1. The fourth-order valence-electron chi connectivity index (χ4n) is 1.81. The lowest BCUT2D eigenvalue weighted by atomic mass is 10.1. The molecule has 0 fully saturated rings. The summed E-state index contributed by atoms with van der Waals surface area (Å²) in [7, 11) is 1.33.